The Labute approximate surface area is 190 Å². The quantitative estimate of drug-likeness (QED) is 0.154. The molecule has 19 heteroatoms. The molecule has 0 bridgehead atoms. The van der Waals surface area contributed by atoms with E-state index in [1.807, 2.05) is 0 Å². The number of aliphatic hydroxyl groups is 1. The van der Waals surface area contributed by atoms with Crippen LogP contribution in [0.25, 0.3) is 0 Å². The van der Waals surface area contributed by atoms with E-state index in [-0.39, 0.29) is 6.42 Å². The predicted molar refractivity (Wildman–Crippen MR) is 85.0 cm³/mol. The zero-order valence-corrected chi connectivity index (χ0v) is 17.7. The Morgan fingerprint density at radius 2 is 0.667 bits per heavy atom. The van der Waals surface area contributed by atoms with Gasteiger partial charge in [0.25, 0.3) is 0 Å². The fourth-order valence-electron chi connectivity index (χ4n) is 2.65. The summed E-state index contributed by atoms with van der Waals surface area (Å²) in [5.41, 5.74) is 0. The average Bonchev–Trinajstić information content (AvgIpc) is 2.72. The van der Waals surface area contributed by atoms with E-state index in [4.69, 9.17) is 5.11 Å². The molecular formula is C17H18F18O. The molecule has 0 saturated carbocycles. The van der Waals surface area contributed by atoms with Crippen molar-refractivity contribution in [3.05, 3.63) is 0 Å². The number of aliphatic hydroxyl groups excluding tert-OH is 1. The molecule has 0 aliphatic carbocycles. The molecule has 36 heavy (non-hydrogen) atoms. The molecule has 0 saturated heterocycles. The minimum atomic E-state index is -8.78. The maximum Gasteiger partial charge on any atom is 0.385 e. The third kappa shape index (κ3) is 4.92. The van der Waals surface area contributed by atoms with Gasteiger partial charge in [0.05, 0.1) is 0 Å². The number of unbranched alkanes of at least 4 members (excludes halogenated alkanes) is 4. The molecule has 0 amide bonds. The van der Waals surface area contributed by atoms with Gasteiger partial charge in [-0.3, -0.25) is 0 Å². The molecule has 0 aliphatic rings. The van der Waals surface area contributed by atoms with Crippen LogP contribution < -0.4 is 0 Å². The molecule has 0 unspecified atom stereocenters. The second-order valence-electron chi connectivity index (χ2n) is 7.75. The summed E-state index contributed by atoms with van der Waals surface area (Å²) >= 11 is 0. The van der Waals surface area contributed by atoms with Crippen LogP contribution in [0.4, 0.5) is 79.0 Å². The first-order chi connectivity index (χ1) is 15.6. The Bertz CT molecular complexity index is 729. The molecule has 0 radical (unpaired) electrons. The van der Waals surface area contributed by atoms with Crippen LogP contribution in [0, 0.1) is 0 Å². The van der Waals surface area contributed by atoms with Crippen LogP contribution >= 0.6 is 0 Å². The first kappa shape index (κ1) is 34.7. The summed E-state index contributed by atoms with van der Waals surface area (Å²) in [4.78, 5) is 0. The van der Waals surface area contributed by atoms with Crippen molar-refractivity contribution in [2.75, 3.05) is 6.61 Å². The van der Waals surface area contributed by atoms with Gasteiger partial charge in [-0.05, 0) is 6.42 Å². The van der Waals surface area contributed by atoms with Crippen molar-refractivity contribution < 1.29 is 84.1 Å². The fraction of sp³-hybridized carbons (Fsp3) is 1.00. The van der Waals surface area contributed by atoms with Crippen LogP contribution in [-0.2, 0) is 0 Å². The van der Waals surface area contributed by atoms with Crippen molar-refractivity contribution in [1.82, 2.24) is 0 Å². The van der Waals surface area contributed by atoms with Crippen LogP contribution in [0.15, 0.2) is 0 Å². The minimum absolute atomic E-state index is 0.0246. The van der Waals surface area contributed by atoms with Crippen LogP contribution in [-0.4, -0.2) is 65.0 Å². The molecule has 0 heterocycles. The van der Waals surface area contributed by atoms with Crippen molar-refractivity contribution >= 4 is 0 Å². The first-order valence-corrected chi connectivity index (χ1v) is 9.63. The van der Waals surface area contributed by atoms with E-state index in [2.05, 4.69) is 0 Å². The minimum Gasteiger partial charge on any atom is -0.390 e. The van der Waals surface area contributed by atoms with Gasteiger partial charge < -0.3 is 5.11 Å². The van der Waals surface area contributed by atoms with Crippen LogP contribution in [0.3, 0.4) is 0 Å². The molecule has 1 N–H and O–H groups in total. The molecule has 0 rings (SSSR count). The van der Waals surface area contributed by atoms with E-state index >= 15 is 0 Å². The molecule has 0 aromatic carbocycles. The number of alkyl halides is 18. The monoisotopic (exact) mass is 580 g/mol. The van der Waals surface area contributed by atoms with Crippen LogP contribution in [0.5, 0.6) is 0 Å². The summed E-state index contributed by atoms with van der Waals surface area (Å²) in [7, 11) is 0. The van der Waals surface area contributed by atoms with Gasteiger partial charge in [-0.2, -0.15) is 79.0 Å². The lowest BCUT2D eigenvalue weighted by atomic mass is 9.85. The summed E-state index contributed by atoms with van der Waals surface area (Å²) in [6.07, 6.45) is -3.17. The van der Waals surface area contributed by atoms with Gasteiger partial charge >= 0.3 is 53.3 Å². The number of hydrogen-bond donors (Lipinski definition) is 1. The summed E-state index contributed by atoms with van der Waals surface area (Å²) in [5, 5.41) is 7.92. The van der Waals surface area contributed by atoms with Crippen LogP contribution in [0.1, 0.15) is 45.4 Å². The van der Waals surface area contributed by atoms with E-state index < -0.39 is 79.2 Å². The summed E-state index contributed by atoms with van der Waals surface area (Å²) in [6, 6.07) is 0. The van der Waals surface area contributed by atoms with Crippen molar-refractivity contribution in [2.45, 2.75) is 98.8 Å². The molecule has 218 valence electrons. The molecule has 1 nitrogen and oxygen atoms in total. The zero-order valence-electron chi connectivity index (χ0n) is 17.7. The zero-order chi connectivity index (χ0) is 29.4. The fourth-order valence-corrected chi connectivity index (χ4v) is 2.65. The highest BCUT2D eigenvalue weighted by Gasteiger charge is 2.96. The predicted octanol–water partition coefficient (Wildman–Crippen LogP) is 8.06. The second-order valence-corrected chi connectivity index (χ2v) is 7.75. The lowest BCUT2D eigenvalue weighted by Gasteiger charge is -2.44. The lowest BCUT2D eigenvalue weighted by Crippen LogP contribution is -2.76. The average molecular weight is 580 g/mol. The van der Waals surface area contributed by atoms with Crippen molar-refractivity contribution in [3.63, 3.8) is 0 Å². The Hall–Kier alpha value is -1.30. The molecule has 0 aliphatic heterocycles. The van der Waals surface area contributed by atoms with Crippen molar-refractivity contribution in [2.24, 2.45) is 0 Å². The maximum atomic E-state index is 13.7. The number of rotatable bonds is 15. The standard InChI is InChI=1S/C17H18F18O/c1-2-3-4-5-6-7-9(18,19)11(22,23)13(26,27)15(30,31)17(34,35)16(32,33)14(28,29)12(24,25)10(20,21)8-36/h36H,2-8H2,1H3. The summed E-state index contributed by atoms with van der Waals surface area (Å²) in [5.74, 6) is -71.6. The largest absolute Gasteiger partial charge is 0.390 e. The molecule has 0 aromatic rings. The van der Waals surface area contributed by atoms with Crippen molar-refractivity contribution in [1.29, 1.82) is 0 Å². The third-order valence-corrected chi connectivity index (χ3v) is 5.08. The van der Waals surface area contributed by atoms with Gasteiger partial charge in [-0.25, -0.2) is 0 Å². The second kappa shape index (κ2) is 10.1. The van der Waals surface area contributed by atoms with E-state index in [1.165, 1.54) is 0 Å². The third-order valence-electron chi connectivity index (χ3n) is 5.08. The van der Waals surface area contributed by atoms with Gasteiger partial charge in [0.2, 0.25) is 0 Å². The number of halogens is 18. The number of hydrogen-bond acceptors (Lipinski definition) is 1. The van der Waals surface area contributed by atoms with E-state index in [0.29, 0.717) is 12.8 Å². The Morgan fingerprint density at radius 1 is 0.389 bits per heavy atom. The SMILES string of the molecule is CCCCCCCC(F)(F)C(F)(F)C(F)(F)C(F)(F)C(F)(F)C(F)(F)C(F)(F)C(F)(F)C(F)(F)CO. The Morgan fingerprint density at radius 3 is 0.972 bits per heavy atom. The molecular weight excluding hydrogens is 562 g/mol. The lowest BCUT2D eigenvalue weighted by molar-refractivity contribution is -0.463. The Kier molecular flexibility index (Phi) is 9.75. The van der Waals surface area contributed by atoms with Crippen molar-refractivity contribution in [3.8, 4) is 0 Å². The van der Waals surface area contributed by atoms with E-state index in [1.54, 1.807) is 6.92 Å². The van der Waals surface area contributed by atoms with Gasteiger partial charge in [0, 0.05) is 6.42 Å². The van der Waals surface area contributed by atoms with E-state index in [0.717, 1.165) is 0 Å². The summed E-state index contributed by atoms with van der Waals surface area (Å²) < 4.78 is 242. The van der Waals surface area contributed by atoms with E-state index in [9.17, 15) is 79.0 Å². The smallest absolute Gasteiger partial charge is 0.385 e. The molecule has 0 atom stereocenters. The highest BCUT2D eigenvalue weighted by molar-refractivity contribution is 5.17. The topological polar surface area (TPSA) is 20.2 Å². The van der Waals surface area contributed by atoms with Crippen LogP contribution in [0.2, 0.25) is 0 Å². The van der Waals surface area contributed by atoms with Gasteiger partial charge in [-0.15, -0.1) is 0 Å². The normalized spacial score (nSPS) is 16.0. The van der Waals surface area contributed by atoms with Gasteiger partial charge in [0.1, 0.15) is 6.61 Å². The summed E-state index contributed by atoms with van der Waals surface area (Å²) in [6.45, 7) is -1.92. The molecule has 0 fully saturated rings. The molecule has 0 spiro atoms. The van der Waals surface area contributed by atoms with Gasteiger partial charge in [0.15, 0.2) is 0 Å². The maximum absolute atomic E-state index is 13.7. The first-order valence-electron chi connectivity index (χ1n) is 9.63. The molecule has 0 aromatic heterocycles. The highest BCUT2D eigenvalue weighted by atomic mass is 19.4. The highest BCUT2D eigenvalue weighted by Crippen LogP contribution is 2.65. The van der Waals surface area contributed by atoms with Gasteiger partial charge in [-0.1, -0.05) is 32.6 Å². The Balaban J connectivity index is 6.54.